The number of likely N-dealkylation sites (N-methyl/N-ethyl adjacent to an activating group) is 1. The number of rotatable bonds is 7. The van der Waals surface area contributed by atoms with Gasteiger partial charge in [0.05, 0.1) is 0 Å². The summed E-state index contributed by atoms with van der Waals surface area (Å²) >= 11 is 1.22. The SMILES string of the molecule is CN(C)CCNC(=O)c1csc(NC(=O)c2cccc(NC3=NCCC3)c2)n1. The van der Waals surface area contributed by atoms with E-state index in [1.165, 1.54) is 11.3 Å². The molecule has 0 radical (unpaired) electrons. The summed E-state index contributed by atoms with van der Waals surface area (Å²) in [6.45, 7) is 2.13. The minimum absolute atomic E-state index is 0.248. The van der Waals surface area contributed by atoms with E-state index >= 15 is 0 Å². The molecule has 0 saturated carbocycles. The number of aromatic nitrogens is 1. The van der Waals surface area contributed by atoms with Crippen LogP contribution in [0.25, 0.3) is 0 Å². The second-order valence-electron chi connectivity index (χ2n) is 6.69. The van der Waals surface area contributed by atoms with E-state index in [9.17, 15) is 9.59 Å². The first-order valence-electron chi connectivity index (χ1n) is 9.11. The molecule has 0 unspecified atom stereocenters. The van der Waals surface area contributed by atoms with Gasteiger partial charge in [-0.25, -0.2) is 4.98 Å². The van der Waals surface area contributed by atoms with Crippen molar-refractivity contribution in [2.75, 3.05) is 44.4 Å². The molecule has 0 bridgehead atoms. The van der Waals surface area contributed by atoms with Crippen LogP contribution in [0.3, 0.4) is 0 Å². The number of nitrogens with one attached hydrogen (secondary N) is 3. The van der Waals surface area contributed by atoms with Crippen molar-refractivity contribution in [2.45, 2.75) is 12.8 Å². The number of carbonyl (C=O) groups is 2. The largest absolute Gasteiger partial charge is 0.349 e. The van der Waals surface area contributed by atoms with Crippen molar-refractivity contribution in [3.05, 3.63) is 40.9 Å². The topological polar surface area (TPSA) is 98.7 Å². The number of benzene rings is 1. The zero-order chi connectivity index (χ0) is 19.9. The van der Waals surface area contributed by atoms with Crippen molar-refractivity contribution in [3.63, 3.8) is 0 Å². The molecule has 1 aromatic carbocycles. The van der Waals surface area contributed by atoms with Gasteiger partial charge in [0.15, 0.2) is 5.13 Å². The Morgan fingerprint density at radius 1 is 1.25 bits per heavy atom. The van der Waals surface area contributed by atoms with Crippen LogP contribution >= 0.6 is 11.3 Å². The number of hydrogen-bond acceptors (Lipinski definition) is 7. The van der Waals surface area contributed by atoms with Crippen LogP contribution in [-0.4, -0.2) is 61.3 Å². The summed E-state index contributed by atoms with van der Waals surface area (Å²) < 4.78 is 0. The average molecular weight is 401 g/mol. The van der Waals surface area contributed by atoms with Crippen LogP contribution in [0.15, 0.2) is 34.6 Å². The summed E-state index contributed by atoms with van der Waals surface area (Å²) in [5.41, 5.74) is 1.64. The van der Waals surface area contributed by atoms with Crippen molar-refractivity contribution < 1.29 is 9.59 Å². The van der Waals surface area contributed by atoms with Crippen LogP contribution in [0.1, 0.15) is 33.7 Å². The Hall–Kier alpha value is -2.78. The summed E-state index contributed by atoms with van der Waals surface area (Å²) in [7, 11) is 3.88. The second-order valence-corrected chi connectivity index (χ2v) is 7.55. The number of anilines is 2. The smallest absolute Gasteiger partial charge is 0.270 e. The lowest BCUT2D eigenvalue weighted by Crippen LogP contribution is -2.31. The van der Waals surface area contributed by atoms with E-state index in [0.29, 0.717) is 22.9 Å². The molecule has 0 fully saturated rings. The van der Waals surface area contributed by atoms with Crippen LogP contribution in [0.2, 0.25) is 0 Å². The van der Waals surface area contributed by atoms with Gasteiger partial charge in [0.2, 0.25) is 0 Å². The lowest BCUT2D eigenvalue weighted by atomic mass is 10.2. The summed E-state index contributed by atoms with van der Waals surface area (Å²) in [6.07, 6.45) is 1.98. The molecule has 28 heavy (non-hydrogen) atoms. The quantitative estimate of drug-likeness (QED) is 0.662. The standard InChI is InChI=1S/C19H24N6O2S/c1-25(2)10-9-21-18(27)15-12-28-19(23-15)24-17(26)13-5-3-6-14(11-13)22-16-7-4-8-20-16/h3,5-6,11-12H,4,7-10H2,1-2H3,(H,20,22)(H,21,27)(H,23,24,26). The van der Waals surface area contributed by atoms with Gasteiger partial charge in [0, 0.05) is 42.7 Å². The Kier molecular flexibility index (Phi) is 6.72. The minimum Gasteiger partial charge on any atom is -0.349 e. The summed E-state index contributed by atoms with van der Waals surface area (Å²) in [5, 5.41) is 10.8. The third-order valence-corrected chi connectivity index (χ3v) is 4.85. The van der Waals surface area contributed by atoms with Gasteiger partial charge in [-0.2, -0.15) is 0 Å². The summed E-state index contributed by atoms with van der Waals surface area (Å²) in [5.74, 6) is 0.426. The highest BCUT2D eigenvalue weighted by Crippen LogP contribution is 2.18. The average Bonchev–Trinajstić information content (AvgIpc) is 3.33. The number of amides is 2. The molecule has 2 heterocycles. The lowest BCUT2D eigenvalue weighted by Gasteiger charge is -2.09. The fourth-order valence-corrected chi connectivity index (χ4v) is 3.32. The Balaban J connectivity index is 1.57. The van der Waals surface area contributed by atoms with Gasteiger partial charge >= 0.3 is 0 Å². The van der Waals surface area contributed by atoms with Crippen LogP contribution in [-0.2, 0) is 0 Å². The Morgan fingerprint density at radius 2 is 2.11 bits per heavy atom. The van der Waals surface area contributed by atoms with Gasteiger partial charge in [0.1, 0.15) is 11.5 Å². The zero-order valence-electron chi connectivity index (χ0n) is 16.0. The molecule has 2 aromatic rings. The van der Waals surface area contributed by atoms with E-state index < -0.39 is 0 Å². The fourth-order valence-electron chi connectivity index (χ4n) is 2.63. The van der Waals surface area contributed by atoms with Crippen LogP contribution < -0.4 is 16.0 Å². The van der Waals surface area contributed by atoms with E-state index in [2.05, 4.69) is 25.9 Å². The van der Waals surface area contributed by atoms with Gasteiger partial charge in [-0.05, 0) is 38.7 Å². The molecule has 3 N–H and O–H groups in total. The third-order valence-electron chi connectivity index (χ3n) is 4.09. The molecule has 3 rings (SSSR count). The monoisotopic (exact) mass is 400 g/mol. The van der Waals surface area contributed by atoms with Gasteiger partial charge in [-0.1, -0.05) is 6.07 Å². The molecule has 0 saturated heterocycles. The van der Waals surface area contributed by atoms with E-state index in [-0.39, 0.29) is 11.8 Å². The maximum absolute atomic E-state index is 12.5. The molecule has 1 aromatic heterocycles. The van der Waals surface area contributed by atoms with Crippen LogP contribution in [0, 0.1) is 0 Å². The minimum atomic E-state index is -0.272. The summed E-state index contributed by atoms with van der Waals surface area (Å²) in [6, 6.07) is 7.23. The highest BCUT2D eigenvalue weighted by molar-refractivity contribution is 7.14. The number of hydrogen-bond donors (Lipinski definition) is 3. The molecule has 0 spiro atoms. The number of nitrogens with zero attached hydrogens (tertiary/aromatic N) is 3. The molecule has 0 atom stereocenters. The van der Waals surface area contributed by atoms with E-state index in [1.807, 2.05) is 31.1 Å². The third kappa shape index (κ3) is 5.61. The van der Waals surface area contributed by atoms with Crippen molar-refractivity contribution >= 4 is 39.8 Å². The lowest BCUT2D eigenvalue weighted by molar-refractivity contribution is 0.0945. The van der Waals surface area contributed by atoms with Gasteiger partial charge in [-0.15, -0.1) is 11.3 Å². The Bertz CT molecular complexity index is 877. The Labute approximate surface area is 168 Å². The molecule has 9 heteroatoms. The molecule has 148 valence electrons. The first-order chi connectivity index (χ1) is 13.5. The fraction of sp³-hybridized carbons (Fsp3) is 0.368. The maximum Gasteiger partial charge on any atom is 0.270 e. The van der Waals surface area contributed by atoms with Crippen LogP contribution in [0.4, 0.5) is 10.8 Å². The molecule has 1 aliphatic heterocycles. The Morgan fingerprint density at radius 3 is 2.86 bits per heavy atom. The van der Waals surface area contributed by atoms with Crippen molar-refractivity contribution in [1.82, 2.24) is 15.2 Å². The molecular weight excluding hydrogens is 376 g/mol. The first-order valence-corrected chi connectivity index (χ1v) is 9.99. The maximum atomic E-state index is 12.5. The highest BCUT2D eigenvalue weighted by Gasteiger charge is 2.14. The normalized spacial score (nSPS) is 13.3. The zero-order valence-corrected chi connectivity index (χ0v) is 16.8. The predicted octanol–water partition coefficient (Wildman–Crippen LogP) is 2.29. The van der Waals surface area contributed by atoms with Crippen LogP contribution in [0.5, 0.6) is 0 Å². The number of carbonyl (C=O) groups excluding carboxylic acids is 2. The van der Waals surface area contributed by atoms with E-state index in [4.69, 9.17) is 0 Å². The molecule has 1 aliphatic rings. The predicted molar refractivity (Wildman–Crippen MR) is 113 cm³/mol. The summed E-state index contributed by atoms with van der Waals surface area (Å²) in [4.78, 5) is 35.2. The second kappa shape index (κ2) is 9.43. The van der Waals surface area contributed by atoms with Gasteiger partial charge < -0.3 is 15.5 Å². The number of amidine groups is 1. The first kappa shape index (κ1) is 20.0. The number of thiazole rings is 1. The molecule has 2 amide bonds. The number of aliphatic imine (C=N–C) groups is 1. The van der Waals surface area contributed by atoms with Crippen molar-refractivity contribution in [3.8, 4) is 0 Å². The molecular formula is C19H24N6O2S. The molecule has 0 aliphatic carbocycles. The van der Waals surface area contributed by atoms with E-state index in [1.54, 1.807) is 17.5 Å². The highest BCUT2D eigenvalue weighted by atomic mass is 32.1. The molecule has 8 nitrogen and oxygen atoms in total. The van der Waals surface area contributed by atoms with Crippen molar-refractivity contribution in [2.24, 2.45) is 4.99 Å². The van der Waals surface area contributed by atoms with Crippen molar-refractivity contribution in [1.29, 1.82) is 0 Å². The van der Waals surface area contributed by atoms with Gasteiger partial charge in [0.25, 0.3) is 11.8 Å². The van der Waals surface area contributed by atoms with E-state index in [0.717, 1.165) is 37.5 Å². The van der Waals surface area contributed by atoms with Gasteiger partial charge in [-0.3, -0.25) is 19.9 Å².